The molecular weight excluding hydrogens is 212 g/mol. The molecule has 3 rings (SSSR count). The number of rotatable bonds is 2. The van der Waals surface area contributed by atoms with Crippen LogP contribution in [0.1, 0.15) is 30.7 Å². The van der Waals surface area contributed by atoms with Gasteiger partial charge < -0.3 is 5.32 Å². The smallest absolute Gasteiger partial charge is 0.0597 e. The van der Waals surface area contributed by atoms with Crippen LogP contribution in [0.2, 0.25) is 0 Å². The Morgan fingerprint density at radius 3 is 2.94 bits per heavy atom. The van der Waals surface area contributed by atoms with Crippen molar-refractivity contribution in [2.45, 2.75) is 44.8 Å². The molecule has 0 aliphatic carbocycles. The lowest BCUT2D eigenvalue weighted by Gasteiger charge is -2.23. The van der Waals surface area contributed by atoms with Crippen LogP contribution in [0, 0.1) is 6.92 Å². The zero-order valence-corrected chi connectivity index (χ0v) is 10.8. The minimum atomic E-state index is 0.719. The molecule has 17 heavy (non-hydrogen) atoms. The fraction of sp³-hybridized carbons (Fsp3) is 0.769. The molecule has 0 spiro atoms. The normalized spacial score (nSPS) is 29.5. The molecule has 2 fully saturated rings. The number of nitrogens with zero attached hydrogens (tertiary/aromatic N) is 3. The summed E-state index contributed by atoms with van der Waals surface area (Å²) in [6.07, 6.45) is 4.03. The number of hydrogen-bond acceptors (Lipinski definition) is 3. The molecule has 0 aromatic carbocycles. The quantitative estimate of drug-likeness (QED) is 0.830. The Kier molecular flexibility index (Phi) is 2.92. The Morgan fingerprint density at radius 1 is 1.35 bits per heavy atom. The number of aromatic nitrogens is 2. The summed E-state index contributed by atoms with van der Waals surface area (Å²) in [5.74, 6) is 0. The largest absolute Gasteiger partial charge is 0.310 e. The second-order valence-corrected chi connectivity index (χ2v) is 5.56. The number of hydrogen-bond donors (Lipinski definition) is 1. The first-order chi connectivity index (χ1) is 8.20. The molecule has 0 saturated carbocycles. The molecule has 2 bridgehead atoms. The van der Waals surface area contributed by atoms with E-state index in [2.05, 4.69) is 28.3 Å². The van der Waals surface area contributed by atoms with Gasteiger partial charge >= 0.3 is 0 Å². The van der Waals surface area contributed by atoms with Gasteiger partial charge in [0.25, 0.3) is 0 Å². The van der Waals surface area contributed by atoms with Crippen LogP contribution < -0.4 is 5.32 Å². The molecule has 2 aliphatic rings. The van der Waals surface area contributed by atoms with Crippen LogP contribution in [-0.2, 0) is 13.6 Å². The minimum Gasteiger partial charge on any atom is -0.310 e. The van der Waals surface area contributed by atoms with Crippen molar-refractivity contribution >= 4 is 0 Å². The van der Waals surface area contributed by atoms with Gasteiger partial charge in [-0.15, -0.1) is 0 Å². The van der Waals surface area contributed by atoms with E-state index < -0.39 is 0 Å². The van der Waals surface area contributed by atoms with E-state index in [1.807, 2.05) is 11.7 Å². The molecule has 2 atom stereocenters. The highest BCUT2D eigenvalue weighted by atomic mass is 15.3. The van der Waals surface area contributed by atoms with Crippen molar-refractivity contribution in [1.29, 1.82) is 0 Å². The van der Waals surface area contributed by atoms with Gasteiger partial charge in [-0.1, -0.05) is 0 Å². The summed E-state index contributed by atoms with van der Waals surface area (Å²) < 4.78 is 2.02. The van der Waals surface area contributed by atoms with Crippen molar-refractivity contribution < 1.29 is 0 Å². The van der Waals surface area contributed by atoms with E-state index in [0.717, 1.165) is 24.3 Å². The van der Waals surface area contributed by atoms with Gasteiger partial charge in [-0.05, 0) is 32.3 Å². The predicted octanol–water partition coefficient (Wildman–Crippen LogP) is 1.05. The highest BCUT2D eigenvalue weighted by Crippen LogP contribution is 2.21. The number of aryl methyl sites for hydroxylation is 2. The first-order valence-corrected chi connectivity index (χ1v) is 6.68. The summed E-state index contributed by atoms with van der Waals surface area (Å²) >= 11 is 0. The van der Waals surface area contributed by atoms with Gasteiger partial charge in [0.15, 0.2) is 0 Å². The minimum absolute atomic E-state index is 0.719. The molecule has 3 heterocycles. The van der Waals surface area contributed by atoms with Crippen LogP contribution in [0.4, 0.5) is 0 Å². The van der Waals surface area contributed by atoms with Gasteiger partial charge in [-0.2, -0.15) is 5.10 Å². The van der Waals surface area contributed by atoms with Gasteiger partial charge in [0, 0.05) is 38.8 Å². The third-order valence-corrected chi connectivity index (χ3v) is 4.09. The zero-order valence-electron chi connectivity index (χ0n) is 10.8. The Hall–Kier alpha value is -0.870. The summed E-state index contributed by atoms with van der Waals surface area (Å²) in [4.78, 5) is 2.58. The summed E-state index contributed by atoms with van der Waals surface area (Å²) in [6, 6.07) is 3.70. The highest BCUT2D eigenvalue weighted by Gasteiger charge is 2.29. The van der Waals surface area contributed by atoms with E-state index in [0.29, 0.717) is 0 Å². The lowest BCUT2D eigenvalue weighted by Crippen LogP contribution is -2.35. The lowest BCUT2D eigenvalue weighted by molar-refractivity contribution is 0.245. The maximum atomic E-state index is 4.42. The third-order valence-electron chi connectivity index (χ3n) is 4.09. The lowest BCUT2D eigenvalue weighted by atomic mass is 10.1. The van der Waals surface area contributed by atoms with E-state index in [4.69, 9.17) is 0 Å². The Bertz CT molecular complexity index is 398. The van der Waals surface area contributed by atoms with Crippen molar-refractivity contribution in [3.8, 4) is 0 Å². The zero-order chi connectivity index (χ0) is 11.8. The molecule has 2 aliphatic heterocycles. The summed E-state index contributed by atoms with van der Waals surface area (Å²) in [6.45, 7) is 5.52. The van der Waals surface area contributed by atoms with Crippen LogP contribution in [0.25, 0.3) is 0 Å². The molecule has 1 aromatic rings. The topological polar surface area (TPSA) is 33.1 Å². The molecule has 0 amide bonds. The van der Waals surface area contributed by atoms with Crippen molar-refractivity contribution in [2.75, 3.05) is 13.1 Å². The fourth-order valence-electron chi connectivity index (χ4n) is 3.20. The van der Waals surface area contributed by atoms with E-state index in [1.165, 1.54) is 38.0 Å². The molecule has 4 nitrogen and oxygen atoms in total. The van der Waals surface area contributed by atoms with E-state index in [9.17, 15) is 0 Å². The van der Waals surface area contributed by atoms with E-state index in [1.54, 1.807) is 0 Å². The van der Waals surface area contributed by atoms with Crippen molar-refractivity contribution in [2.24, 2.45) is 7.05 Å². The number of likely N-dealkylation sites (tertiary alicyclic amines) is 1. The molecule has 2 unspecified atom stereocenters. The number of fused-ring (bicyclic) bond motifs is 2. The second kappa shape index (κ2) is 4.42. The van der Waals surface area contributed by atoms with Crippen LogP contribution >= 0.6 is 0 Å². The summed E-state index contributed by atoms with van der Waals surface area (Å²) in [5.41, 5.74) is 2.46. The Balaban J connectivity index is 1.67. The Morgan fingerprint density at radius 2 is 2.18 bits per heavy atom. The van der Waals surface area contributed by atoms with Crippen LogP contribution in [0.15, 0.2) is 6.07 Å². The molecule has 1 aromatic heterocycles. The van der Waals surface area contributed by atoms with Gasteiger partial charge in [0.2, 0.25) is 0 Å². The van der Waals surface area contributed by atoms with Crippen molar-refractivity contribution in [3.05, 3.63) is 17.5 Å². The molecule has 1 N–H and O–H groups in total. The summed E-state index contributed by atoms with van der Waals surface area (Å²) in [5, 5.41) is 8.15. The molecule has 2 saturated heterocycles. The van der Waals surface area contributed by atoms with Crippen LogP contribution in [0.5, 0.6) is 0 Å². The SMILES string of the molecule is Cc1cc(CN2CCC3CCC(C2)N3)n(C)n1. The monoisotopic (exact) mass is 234 g/mol. The second-order valence-electron chi connectivity index (χ2n) is 5.56. The third kappa shape index (κ3) is 2.38. The van der Waals surface area contributed by atoms with Gasteiger partial charge in [-0.25, -0.2) is 0 Å². The van der Waals surface area contributed by atoms with Gasteiger partial charge in [0.05, 0.1) is 11.4 Å². The molecular formula is C13H22N4. The average Bonchev–Trinajstić information content (AvgIpc) is 2.75. The molecule has 0 radical (unpaired) electrons. The van der Waals surface area contributed by atoms with Gasteiger partial charge in [0.1, 0.15) is 0 Å². The van der Waals surface area contributed by atoms with Crippen LogP contribution in [-0.4, -0.2) is 39.9 Å². The number of nitrogens with one attached hydrogen (secondary N) is 1. The van der Waals surface area contributed by atoms with Crippen molar-refractivity contribution in [1.82, 2.24) is 20.0 Å². The fourth-order valence-corrected chi connectivity index (χ4v) is 3.20. The van der Waals surface area contributed by atoms with E-state index in [-0.39, 0.29) is 0 Å². The Labute approximate surface area is 103 Å². The predicted molar refractivity (Wildman–Crippen MR) is 67.8 cm³/mol. The van der Waals surface area contributed by atoms with Gasteiger partial charge in [-0.3, -0.25) is 9.58 Å². The average molecular weight is 234 g/mol. The highest BCUT2D eigenvalue weighted by molar-refractivity contribution is 5.08. The van der Waals surface area contributed by atoms with Crippen LogP contribution in [0.3, 0.4) is 0 Å². The maximum absolute atomic E-state index is 4.42. The first-order valence-electron chi connectivity index (χ1n) is 6.68. The molecule has 94 valence electrons. The van der Waals surface area contributed by atoms with E-state index >= 15 is 0 Å². The molecule has 4 heteroatoms. The summed E-state index contributed by atoms with van der Waals surface area (Å²) in [7, 11) is 2.05. The maximum Gasteiger partial charge on any atom is 0.0597 e. The first kappa shape index (κ1) is 11.2. The van der Waals surface area contributed by atoms with Crippen molar-refractivity contribution in [3.63, 3.8) is 0 Å². The standard InChI is InChI=1S/C13H22N4/c1-10-7-13(16(2)15-10)9-17-6-5-11-3-4-12(8-17)14-11/h7,11-12,14H,3-6,8-9H2,1-2H3.